The van der Waals surface area contributed by atoms with Crippen molar-refractivity contribution in [2.45, 2.75) is 12.8 Å². The highest BCUT2D eigenvalue weighted by Crippen LogP contribution is 2.27. The van der Waals surface area contributed by atoms with E-state index in [4.69, 9.17) is 17.3 Å². The molecule has 0 saturated carbocycles. The molecule has 0 fully saturated rings. The molecule has 2 N–H and O–H groups in total. The molecule has 0 aromatic heterocycles. The second kappa shape index (κ2) is 10.5. The van der Waals surface area contributed by atoms with E-state index in [0.717, 1.165) is 28.4 Å². The number of anilines is 1. The van der Waals surface area contributed by atoms with Gasteiger partial charge in [0.25, 0.3) is 0 Å². The summed E-state index contributed by atoms with van der Waals surface area (Å²) in [5, 5.41) is 14.5. The van der Waals surface area contributed by atoms with Crippen molar-refractivity contribution < 1.29 is 9.90 Å². The lowest BCUT2D eigenvalue weighted by Gasteiger charge is -2.26. The maximum absolute atomic E-state index is 12.4. The Kier molecular flexibility index (Phi) is 7.50. The molecule has 0 spiro atoms. The lowest BCUT2D eigenvalue weighted by atomic mass is 10.1. The lowest BCUT2D eigenvalue weighted by Crippen LogP contribution is -2.43. The first-order chi connectivity index (χ1) is 14.2. The van der Waals surface area contributed by atoms with Gasteiger partial charge >= 0.3 is 0 Å². The smallest absolute Gasteiger partial charge is 0.250 e. The fourth-order valence-electron chi connectivity index (χ4n) is 3.11. The quantitative estimate of drug-likeness (QED) is 0.345. The van der Waals surface area contributed by atoms with Crippen LogP contribution in [0.15, 0.2) is 78.9 Å². The summed E-state index contributed by atoms with van der Waals surface area (Å²) in [5.41, 5.74) is 1.89. The van der Waals surface area contributed by atoms with Gasteiger partial charge in [-0.2, -0.15) is 0 Å². The number of carbonyl (C=O) groups is 1. The number of amides is 1. The molecule has 0 atom stereocenters. The molecular formula is C24H24N2O2S. The Balaban J connectivity index is 1.79. The van der Waals surface area contributed by atoms with Gasteiger partial charge in [-0.3, -0.25) is 10.1 Å². The fourth-order valence-corrected chi connectivity index (χ4v) is 3.40. The van der Waals surface area contributed by atoms with Crippen LogP contribution in [-0.4, -0.2) is 29.3 Å². The summed E-state index contributed by atoms with van der Waals surface area (Å²) in [7, 11) is 0. The van der Waals surface area contributed by atoms with Gasteiger partial charge in [0.15, 0.2) is 5.11 Å². The molecule has 3 rings (SSSR count). The van der Waals surface area contributed by atoms with E-state index in [2.05, 4.69) is 17.4 Å². The standard InChI is InChI=1S/C24H24N2O2S/c27-18-7-6-17-26(22-14-8-12-20-11-4-5-13-21(20)22)24(29)25-23(28)16-15-19-9-2-1-3-10-19/h1-5,8-16,27H,6-7,17-18H2,(H,25,28,29). The highest BCUT2D eigenvalue weighted by Gasteiger charge is 2.16. The molecule has 1 amide bonds. The second-order valence-electron chi connectivity index (χ2n) is 6.62. The summed E-state index contributed by atoms with van der Waals surface area (Å²) in [6, 6.07) is 23.7. The zero-order chi connectivity index (χ0) is 20.5. The van der Waals surface area contributed by atoms with Crippen molar-refractivity contribution >= 4 is 45.8 Å². The third-order valence-electron chi connectivity index (χ3n) is 4.55. The topological polar surface area (TPSA) is 52.6 Å². The molecule has 0 saturated heterocycles. The van der Waals surface area contributed by atoms with Crippen molar-refractivity contribution in [2.75, 3.05) is 18.1 Å². The van der Waals surface area contributed by atoms with Crippen LogP contribution in [0.1, 0.15) is 18.4 Å². The lowest BCUT2D eigenvalue weighted by molar-refractivity contribution is -0.115. The largest absolute Gasteiger partial charge is 0.396 e. The Morgan fingerprint density at radius 1 is 0.966 bits per heavy atom. The highest BCUT2D eigenvalue weighted by molar-refractivity contribution is 7.80. The number of thiocarbonyl (C=S) groups is 1. The van der Waals surface area contributed by atoms with Gasteiger partial charge in [0, 0.05) is 24.6 Å². The normalized spacial score (nSPS) is 10.9. The third-order valence-corrected chi connectivity index (χ3v) is 4.87. The van der Waals surface area contributed by atoms with E-state index in [1.54, 1.807) is 6.08 Å². The minimum absolute atomic E-state index is 0.127. The molecule has 0 radical (unpaired) electrons. The molecule has 0 aliphatic heterocycles. The molecule has 3 aromatic carbocycles. The van der Waals surface area contributed by atoms with Crippen molar-refractivity contribution in [3.63, 3.8) is 0 Å². The molecule has 0 aliphatic rings. The number of hydrogen-bond acceptors (Lipinski definition) is 3. The SMILES string of the molecule is O=C(C=Cc1ccccc1)NC(=S)N(CCCCO)c1cccc2ccccc12. The van der Waals surface area contributed by atoms with Crippen molar-refractivity contribution in [3.8, 4) is 0 Å². The second-order valence-corrected chi connectivity index (χ2v) is 7.01. The van der Waals surface area contributed by atoms with Gasteiger partial charge in [0.2, 0.25) is 5.91 Å². The molecule has 0 bridgehead atoms. The number of unbranched alkanes of at least 4 members (excludes halogenated alkanes) is 1. The van der Waals surface area contributed by atoms with E-state index < -0.39 is 0 Å². The summed E-state index contributed by atoms with van der Waals surface area (Å²) in [6.07, 6.45) is 4.67. The first-order valence-electron chi connectivity index (χ1n) is 9.63. The number of aliphatic hydroxyl groups is 1. The van der Waals surface area contributed by atoms with E-state index in [9.17, 15) is 4.79 Å². The molecule has 148 valence electrons. The number of benzene rings is 3. The van der Waals surface area contributed by atoms with Crippen LogP contribution in [0.3, 0.4) is 0 Å². The Labute approximate surface area is 176 Å². The van der Waals surface area contributed by atoms with Crippen LogP contribution < -0.4 is 10.2 Å². The minimum atomic E-state index is -0.272. The summed E-state index contributed by atoms with van der Waals surface area (Å²) < 4.78 is 0. The van der Waals surface area contributed by atoms with E-state index in [1.165, 1.54) is 6.08 Å². The maximum Gasteiger partial charge on any atom is 0.250 e. The minimum Gasteiger partial charge on any atom is -0.396 e. The Morgan fingerprint density at radius 2 is 1.69 bits per heavy atom. The molecule has 3 aromatic rings. The Morgan fingerprint density at radius 3 is 2.48 bits per heavy atom. The third kappa shape index (κ3) is 5.73. The van der Waals surface area contributed by atoms with Crippen LogP contribution >= 0.6 is 12.2 Å². The maximum atomic E-state index is 12.4. The van der Waals surface area contributed by atoms with Crippen molar-refractivity contribution in [1.29, 1.82) is 0 Å². The van der Waals surface area contributed by atoms with Crippen molar-refractivity contribution in [3.05, 3.63) is 84.4 Å². The van der Waals surface area contributed by atoms with Crippen molar-refractivity contribution in [2.24, 2.45) is 0 Å². The Hall–Kier alpha value is -3.02. The van der Waals surface area contributed by atoms with Gasteiger partial charge in [-0.25, -0.2) is 0 Å². The first-order valence-corrected chi connectivity index (χ1v) is 10.0. The van der Waals surface area contributed by atoms with Crippen LogP contribution in [0.4, 0.5) is 5.69 Å². The Bertz CT molecular complexity index is 997. The number of carbonyl (C=O) groups excluding carboxylic acids is 1. The number of fused-ring (bicyclic) bond motifs is 1. The molecule has 0 heterocycles. The van der Waals surface area contributed by atoms with Crippen LogP contribution in [0, 0.1) is 0 Å². The van der Waals surface area contributed by atoms with E-state index in [1.807, 2.05) is 65.6 Å². The molecule has 29 heavy (non-hydrogen) atoms. The zero-order valence-electron chi connectivity index (χ0n) is 16.1. The predicted octanol–water partition coefficient (Wildman–Crippen LogP) is 4.53. The number of rotatable bonds is 7. The van der Waals surface area contributed by atoms with Crippen molar-refractivity contribution in [1.82, 2.24) is 5.32 Å². The van der Waals surface area contributed by atoms with Crippen LogP contribution in [-0.2, 0) is 4.79 Å². The van der Waals surface area contributed by atoms with E-state index in [-0.39, 0.29) is 12.5 Å². The number of nitrogens with zero attached hydrogens (tertiary/aromatic N) is 1. The fraction of sp³-hybridized carbons (Fsp3) is 0.167. The zero-order valence-corrected chi connectivity index (χ0v) is 16.9. The van der Waals surface area contributed by atoms with Gasteiger partial charge in [-0.05, 0) is 48.2 Å². The van der Waals surface area contributed by atoms with Gasteiger partial charge < -0.3 is 10.0 Å². The molecule has 4 nitrogen and oxygen atoms in total. The summed E-state index contributed by atoms with van der Waals surface area (Å²) in [4.78, 5) is 14.3. The van der Waals surface area contributed by atoms with E-state index >= 15 is 0 Å². The van der Waals surface area contributed by atoms with Gasteiger partial charge in [-0.1, -0.05) is 66.7 Å². The first kappa shape index (κ1) is 20.7. The monoisotopic (exact) mass is 404 g/mol. The number of hydrogen-bond donors (Lipinski definition) is 2. The van der Waals surface area contributed by atoms with E-state index in [0.29, 0.717) is 18.1 Å². The molecule has 5 heteroatoms. The molecule has 0 unspecified atom stereocenters. The van der Waals surface area contributed by atoms with Gasteiger partial charge in [-0.15, -0.1) is 0 Å². The van der Waals surface area contributed by atoms with Crippen LogP contribution in [0.25, 0.3) is 16.8 Å². The summed E-state index contributed by atoms with van der Waals surface area (Å²) >= 11 is 5.57. The van der Waals surface area contributed by atoms with Crippen LogP contribution in [0.2, 0.25) is 0 Å². The average Bonchev–Trinajstić information content (AvgIpc) is 2.76. The van der Waals surface area contributed by atoms with Gasteiger partial charge in [0.05, 0.1) is 5.69 Å². The average molecular weight is 405 g/mol. The number of aliphatic hydroxyl groups excluding tert-OH is 1. The summed E-state index contributed by atoms with van der Waals surface area (Å²) in [6.45, 7) is 0.735. The van der Waals surface area contributed by atoms with Gasteiger partial charge in [0.1, 0.15) is 0 Å². The predicted molar refractivity (Wildman–Crippen MR) is 124 cm³/mol. The van der Waals surface area contributed by atoms with Crippen LogP contribution in [0.5, 0.6) is 0 Å². The number of nitrogens with one attached hydrogen (secondary N) is 1. The highest BCUT2D eigenvalue weighted by atomic mass is 32.1. The summed E-state index contributed by atoms with van der Waals surface area (Å²) in [5.74, 6) is -0.272. The molecular weight excluding hydrogens is 380 g/mol. The molecule has 0 aliphatic carbocycles.